The molecule has 2 aromatic carbocycles. The number of hydrogen-bond donors (Lipinski definition) is 2. The maximum absolute atomic E-state index is 12.1. The van der Waals surface area contributed by atoms with Crippen molar-refractivity contribution in [3.63, 3.8) is 0 Å². The number of benzene rings is 2. The first-order valence-corrected chi connectivity index (χ1v) is 5.89. The molecule has 1 heterocycles. The van der Waals surface area contributed by atoms with Crippen molar-refractivity contribution < 1.29 is 9.90 Å². The van der Waals surface area contributed by atoms with Crippen molar-refractivity contribution in [2.24, 2.45) is 0 Å². The molecular weight excluding hydrogens is 250 g/mol. The lowest BCUT2D eigenvalue weighted by Crippen LogP contribution is -2.35. The molecule has 0 aliphatic carbocycles. The predicted octanol–water partition coefficient (Wildman–Crippen LogP) is 2.53. The number of amides is 1. The van der Waals surface area contributed by atoms with Gasteiger partial charge in [-0.1, -0.05) is 41.9 Å². The molecule has 0 radical (unpaired) electrons. The van der Waals surface area contributed by atoms with Crippen molar-refractivity contribution in [3.8, 4) is 0 Å². The molecule has 1 aliphatic heterocycles. The monoisotopic (exact) mass is 259 g/mol. The first kappa shape index (κ1) is 11.3. The Morgan fingerprint density at radius 2 is 1.83 bits per heavy atom. The van der Waals surface area contributed by atoms with Crippen LogP contribution in [0, 0.1) is 0 Å². The number of anilines is 1. The minimum absolute atomic E-state index is 0.453. The summed E-state index contributed by atoms with van der Waals surface area (Å²) in [5.41, 5.74) is -0.0490. The van der Waals surface area contributed by atoms with Gasteiger partial charge in [-0.3, -0.25) is 4.79 Å². The number of carbonyl (C=O) groups excluding carboxylic acids is 1. The summed E-state index contributed by atoms with van der Waals surface area (Å²) in [5, 5.41) is 13.9. The van der Waals surface area contributed by atoms with Crippen LogP contribution in [0.2, 0.25) is 5.02 Å². The summed E-state index contributed by atoms with van der Waals surface area (Å²) >= 11 is 5.94. The molecule has 0 fully saturated rings. The fraction of sp³-hybridized carbons (Fsp3) is 0.0714. The van der Waals surface area contributed by atoms with Gasteiger partial charge < -0.3 is 10.4 Å². The van der Waals surface area contributed by atoms with Crippen LogP contribution in [0.5, 0.6) is 0 Å². The quantitative estimate of drug-likeness (QED) is 0.827. The fourth-order valence-corrected chi connectivity index (χ4v) is 2.40. The molecule has 0 bridgehead atoms. The SMILES string of the molecule is O=C1Nc2ccc(Cl)cc2C1(O)c1ccccc1. The van der Waals surface area contributed by atoms with Crippen LogP contribution in [-0.4, -0.2) is 11.0 Å². The minimum atomic E-state index is -1.67. The van der Waals surface area contributed by atoms with E-state index in [4.69, 9.17) is 11.6 Å². The molecule has 0 spiro atoms. The van der Waals surface area contributed by atoms with Crippen LogP contribution in [0.3, 0.4) is 0 Å². The number of aliphatic hydroxyl groups is 1. The molecule has 1 unspecified atom stereocenters. The Morgan fingerprint density at radius 1 is 1.11 bits per heavy atom. The van der Waals surface area contributed by atoms with Crippen LogP contribution in [0.25, 0.3) is 0 Å². The second-order valence-electron chi connectivity index (χ2n) is 4.22. The van der Waals surface area contributed by atoms with E-state index in [1.54, 1.807) is 42.5 Å². The van der Waals surface area contributed by atoms with E-state index in [0.717, 1.165) is 0 Å². The molecule has 18 heavy (non-hydrogen) atoms. The van der Waals surface area contributed by atoms with E-state index in [1.165, 1.54) is 0 Å². The van der Waals surface area contributed by atoms with Crippen LogP contribution < -0.4 is 5.32 Å². The van der Waals surface area contributed by atoms with Crippen LogP contribution >= 0.6 is 11.6 Å². The van der Waals surface area contributed by atoms with Crippen molar-refractivity contribution >= 4 is 23.2 Å². The fourth-order valence-electron chi connectivity index (χ4n) is 2.23. The van der Waals surface area contributed by atoms with Gasteiger partial charge >= 0.3 is 0 Å². The molecule has 1 atom stereocenters. The summed E-state index contributed by atoms with van der Waals surface area (Å²) in [4.78, 5) is 12.1. The topological polar surface area (TPSA) is 49.3 Å². The Kier molecular flexibility index (Phi) is 2.40. The van der Waals surface area contributed by atoms with E-state index in [0.29, 0.717) is 21.8 Å². The van der Waals surface area contributed by atoms with Crippen molar-refractivity contribution in [1.82, 2.24) is 0 Å². The summed E-state index contributed by atoms with van der Waals surface area (Å²) in [7, 11) is 0. The number of nitrogens with one attached hydrogen (secondary N) is 1. The molecule has 3 rings (SSSR count). The van der Waals surface area contributed by atoms with Crippen molar-refractivity contribution in [3.05, 3.63) is 64.7 Å². The summed E-state index contributed by atoms with van der Waals surface area (Å²) in [6.45, 7) is 0. The van der Waals surface area contributed by atoms with E-state index in [2.05, 4.69) is 5.32 Å². The van der Waals surface area contributed by atoms with Gasteiger partial charge in [0, 0.05) is 16.3 Å². The maximum atomic E-state index is 12.1. The zero-order valence-corrected chi connectivity index (χ0v) is 10.1. The predicted molar refractivity (Wildman–Crippen MR) is 69.5 cm³/mol. The van der Waals surface area contributed by atoms with Gasteiger partial charge in [0.05, 0.1) is 0 Å². The van der Waals surface area contributed by atoms with Crippen molar-refractivity contribution in [2.75, 3.05) is 5.32 Å². The highest BCUT2D eigenvalue weighted by molar-refractivity contribution is 6.31. The average molecular weight is 260 g/mol. The van der Waals surface area contributed by atoms with E-state index < -0.39 is 11.5 Å². The zero-order valence-electron chi connectivity index (χ0n) is 9.35. The molecule has 1 amide bonds. The van der Waals surface area contributed by atoms with Gasteiger partial charge in [0.25, 0.3) is 5.91 Å². The molecule has 90 valence electrons. The molecule has 2 aromatic rings. The standard InChI is InChI=1S/C14H10ClNO2/c15-10-6-7-12-11(8-10)14(18,13(17)16-12)9-4-2-1-3-5-9/h1-8,18H,(H,16,17). The van der Waals surface area contributed by atoms with Gasteiger partial charge in [0.15, 0.2) is 5.60 Å². The third-order valence-electron chi connectivity index (χ3n) is 3.14. The molecule has 1 aliphatic rings. The van der Waals surface area contributed by atoms with Gasteiger partial charge in [-0.25, -0.2) is 0 Å². The summed E-state index contributed by atoms with van der Waals surface area (Å²) < 4.78 is 0. The number of hydrogen-bond acceptors (Lipinski definition) is 2. The Hall–Kier alpha value is -1.84. The third kappa shape index (κ3) is 1.45. The van der Waals surface area contributed by atoms with Crippen molar-refractivity contribution in [2.45, 2.75) is 5.60 Å². The van der Waals surface area contributed by atoms with Gasteiger partial charge in [-0.05, 0) is 23.8 Å². The lowest BCUT2D eigenvalue weighted by Gasteiger charge is -2.21. The normalized spacial score (nSPS) is 21.6. The van der Waals surface area contributed by atoms with Crippen LogP contribution in [-0.2, 0) is 10.4 Å². The van der Waals surface area contributed by atoms with E-state index in [-0.39, 0.29) is 0 Å². The summed E-state index contributed by atoms with van der Waals surface area (Å²) in [6, 6.07) is 13.8. The Bertz CT molecular complexity index is 627. The first-order valence-electron chi connectivity index (χ1n) is 5.52. The van der Waals surface area contributed by atoms with E-state index in [1.807, 2.05) is 6.07 Å². The molecule has 0 aromatic heterocycles. The number of carbonyl (C=O) groups is 1. The smallest absolute Gasteiger partial charge is 0.265 e. The van der Waals surface area contributed by atoms with Gasteiger partial charge in [-0.2, -0.15) is 0 Å². The van der Waals surface area contributed by atoms with Gasteiger partial charge in [-0.15, -0.1) is 0 Å². The van der Waals surface area contributed by atoms with Crippen LogP contribution in [0.1, 0.15) is 11.1 Å². The summed E-state index contributed by atoms with van der Waals surface area (Å²) in [5.74, 6) is -0.453. The Balaban J connectivity index is 2.25. The van der Waals surface area contributed by atoms with Crippen LogP contribution in [0.4, 0.5) is 5.69 Å². The first-order chi connectivity index (χ1) is 8.62. The highest BCUT2D eigenvalue weighted by atomic mass is 35.5. The molecule has 4 heteroatoms. The Labute approximate surface area is 109 Å². The highest BCUT2D eigenvalue weighted by Crippen LogP contribution is 2.41. The molecule has 2 N–H and O–H groups in total. The lowest BCUT2D eigenvalue weighted by atomic mass is 9.88. The maximum Gasteiger partial charge on any atom is 0.265 e. The third-order valence-corrected chi connectivity index (χ3v) is 3.37. The Morgan fingerprint density at radius 3 is 2.56 bits per heavy atom. The second kappa shape index (κ2) is 3.83. The number of halogens is 1. The van der Waals surface area contributed by atoms with E-state index >= 15 is 0 Å². The second-order valence-corrected chi connectivity index (χ2v) is 4.66. The van der Waals surface area contributed by atoms with Gasteiger partial charge in [0.1, 0.15) is 0 Å². The molecule has 0 saturated carbocycles. The van der Waals surface area contributed by atoms with Crippen LogP contribution in [0.15, 0.2) is 48.5 Å². The zero-order chi connectivity index (χ0) is 12.8. The average Bonchev–Trinajstić information content (AvgIpc) is 2.64. The van der Waals surface area contributed by atoms with Gasteiger partial charge in [0.2, 0.25) is 0 Å². The summed E-state index contributed by atoms with van der Waals surface area (Å²) in [6.07, 6.45) is 0. The van der Waals surface area contributed by atoms with Crippen molar-refractivity contribution in [1.29, 1.82) is 0 Å². The van der Waals surface area contributed by atoms with E-state index in [9.17, 15) is 9.90 Å². The minimum Gasteiger partial charge on any atom is -0.372 e. The number of rotatable bonds is 1. The largest absolute Gasteiger partial charge is 0.372 e. The lowest BCUT2D eigenvalue weighted by molar-refractivity contribution is -0.129. The molecule has 3 nitrogen and oxygen atoms in total. The number of fused-ring (bicyclic) bond motifs is 1. The molecular formula is C14H10ClNO2. The molecule has 0 saturated heterocycles. The highest BCUT2D eigenvalue weighted by Gasteiger charge is 2.46.